The third kappa shape index (κ3) is 2.85. The van der Waals surface area contributed by atoms with Crippen molar-refractivity contribution in [2.75, 3.05) is 7.11 Å². The zero-order valence-corrected chi connectivity index (χ0v) is 10.9. The Morgan fingerprint density at radius 2 is 2.32 bits per heavy atom. The number of hydrogen-bond donors (Lipinski definition) is 2. The molecule has 0 aliphatic rings. The first-order chi connectivity index (χ1) is 9.13. The zero-order chi connectivity index (χ0) is 13.8. The molecule has 0 amide bonds. The van der Waals surface area contributed by atoms with Gasteiger partial charge < -0.3 is 20.2 Å². The van der Waals surface area contributed by atoms with Gasteiger partial charge in [-0.2, -0.15) is 0 Å². The summed E-state index contributed by atoms with van der Waals surface area (Å²) in [5.74, 6) is 0.838. The predicted molar refractivity (Wildman–Crippen MR) is 71.6 cm³/mol. The number of methoxy groups -OCH3 is 1. The molecule has 2 rings (SSSR count). The Hall–Kier alpha value is -2.50. The van der Waals surface area contributed by atoms with Crippen molar-refractivity contribution < 1.29 is 9.94 Å². The van der Waals surface area contributed by atoms with E-state index < -0.39 is 0 Å². The molecule has 0 unspecified atom stereocenters. The number of nitrogens with two attached hydrogens (primary N) is 1. The maximum absolute atomic E-state index is 8.74. The molecule has 19 heavy (non-hydrogen) atoms. The van der Waals surface area contributed by atoms with Crippen LogP contribution in [0, 0.1) is 6.92 Å². The van der Waals surface area contributed by atoms with Gasteiger partial charge >= 0.3 is 0 Å². The molecule has 0 aliphatic heterocycles. The summed E-state index contributed by atoms with van der Waals surface area (Å²) in [5, 5.41) is 11.8. The number of aromatic nitrogens is 2. The summed E-state index contributed by atoms with van der Waals surface area (Å²) in [7, 11) is 1.62. The second-order valence-electron chi connectivity index (χ2n) is 4.15. The van der Waals surface area contributed by atoms with Crippen LogP contribution in [0.15, 0.2) is 35.6 Å². The molecule has 100 valence electrons. The van der Waals surface area contributed by atoms with Crippen LogP contribution in [0.1, 0.15) is 17.1 Å². The van der Waals surface area contributed by atoms with Crippen LogP contribution in [0.5, 0.6) is 5.75 Å². The van der Waals surface area contributed by atoms with Crippen molar-refractivity contribution in [3.63, 3.8) is 0 Å². The molecular formula is C13H16N4O2. The Morgan fingerprint density at radius 1 is 1.53 bits per heavy atom. The van der Waals surface area contributed by atoms with E-state index in [0.717, 1.165) is 17.1 Å². The average molecular weight is 260 g/mol. The van der Waals surface area contributed by atoms with Gasteiger partial charge in [0.15, 0.2) is 5.84 Å². The van der Waals surface area contributed by atoms with E-state index in [0.29, 0.717) is 12.2 Å². The van der Waals surface area contributed by atoms with Gasteiger partial charge in [-0.05, 0) is 19.1 Å². The van der Waals surface area contributed by atoms with Gasteiger partial charge in [-0.3, -0.25) is 4.98 Å². The summed E-state index contributed by atoms with van der Waals surface area (Å²) in [6.07, 6.45) is 1.85. The van der Waals surface area contributed by atoms with Crippen LogP contribution in [0.25, 0.3) is 0 Å². The largest absolute Gasteiger partial charge is 0.497 e. The van der Waals surface area contributed by atoms with Crippen LogP contribution < -0.4 is 10.5 Å². The number of hydrogen-bond acceptors (Lipinski definition) is 4. The lowest BCUT2D eigenvalue weighted by Gasteiger charge is -2.09. The van der Waals surface area contributed by atoms with E-state index in [4.69, 9.17) is 15.7 Å². The van der Waals surface area contributed by atoms with Crippen LogP contribution in [-0.2, 0) is 6.54 Å². The van der Waals surface area contributed by atoms with E-state index in [-0.39, 0.29) is 5.84 Å². The molecule has 0 aromatic carbocycles. The predicted octanol–water partition coefficient (Wildman–Crippen LogP) is 1.34. The number of ether oxygens (including phenoxy) is 1. The average Bonchev–Trinajstić information content (AvgIpc) is 2.85. The third-order valence-electron chi connectivity index (χ3n) is 2.75. The van der Waals surface area contributed by atoms with E-state index >= 15 is 0 Å². The molecule has 0 radical (unpaired) electrons. The Morgan fingerprint density at radius 3 is 3.00 bits per heavy atom. The van der Waals surface area contributed by atoms with E-state index in [1.807, 2.05) is 35.9 Å². The molecule has 0 atom stereocenters. The normalized spacial score (nSPS) is 11.6. The topological polar surface area (TPSA) is 85.7 Å². The van der Waals surface area contributed by atoms with E-state index in [9.17, 15) is 0 Å². The summed E-state index contributed by atoms with van der Waals surface area (Å²) in [4.78, 5) is 4.44. The first-order valence-corrected chi connectivity index (χ1v) is 5.78. The highest BCUT2D eigenvalue weighted by Gasteiger charge is 2.08. The summed E-state index contributed by atoms with van der Waals surface area (Å²) in [6, 6.07) is 7.34. The highest BCUT2D eigenvalue weighted by atomic mass is 16.5. The van der Waals surface area contributed by atoms with Gasteiger partial charge in [-0.15, -0.1) is 0 Å². The molecule has 0 fully saturated rings. The van der Waals surface area contributed by atoms with Gasteiger partial charge in [-0.25, -0.2) is 0 Å². The maximum Gasteiger partial charge on any atom is 0.186 e. The minimum absolute atomic E-state index is 0.0737. The summed E-state index contributed by atoms with van der Waals surface area (Å²) >= 11 is 0. The van der Waals surface area contributed by atoms with Crippen LogP contribution in [0.4, 0.5) is 0 Å². The highest BCUT2D eigenvalue weighted by Crippen LogP contribution is 2.15. The molecule has 6 heteroatoms. The maximum atomic E-state index is 8.74. The van der Waals surface area contributed by atoms with Crippen molar-refractivity contribution in [2.24, 2.45) is 10.9 Å². The molecule has 0 spiro atoms. The van der Waals surface area contributed by atoms with Crippen LogP contribution >= 0.6 is 0 Å². The van der Waals surface area contributed by atoms with E-state index in [1.165, 1.54) is 0 Å². The molecule has 2 aromatic rings. The summed E-state index contributed by atoms with van der Waals surface area (Å²) in [6.45, 7) is 2.43. The Labute approximate surface area is 111 Å². The minimum Gasteiger partial charge on any atom is -0.497 e. The number of oxime groups is 1. The molecule has 0 saturated carbocycles. The van der Waals surface area contributed by atoms with Crippen molar-refractivity contribution in [3.05, 3.63) is 47.5 Å². The number of rotatable bonds is 4. The molecule has 0 saturated heterocycles. The molecule has 3 N–H and O–H groups in total. The lowest BCUT2D eigenvalue weighted by Crippen LogP contribution is -2.18. The molecule has 0 bridgehead atoms. The molecular weight excluding hydrogens is 244 g/mol. The first-order valence-electron chi connectivity index (χ1n) is 5.78. The minimum atomic E-state index is 0.0737. The second kappa shape index (κ2) is 5.43. The van der Waals surface area contributed by atoms with Gasteiger partial charge in [0.2, 0.25) is 0 Å². The number of nitrogens with zero attached hydrogens (tertiary/aromatic N) is 3. The van der Waals surface area contributed by atoms with Gasteiger partial charge in [0.25, 0.3) is 0 Å². The van der Waals surface area contributed by atoms with Crippen molar-refractivity contribution in [3.8, 4) is 5.75 Å². The Bertz CT molecular complexity index is 604. The van der Waals surface area contributed by atoms with E-state index in [2.05, 4.69) is 10.1 Å². The van der Waals surface area contributed by atoms with Crippen LogP contribution in [-0.4, -0.2) is 27.7 Å². The standard InChI is InChI=1S/C13H16N4O2/c1-9-6-11(19-2)7-10(15-9)8-17-5-3-4-12(17)13(14)16-18/h3-7,18H,8H2,1-2H3,(H2,14,16). The SMILES string of the molecule is COc1cc(C)nc(Cn2cccc2/C(N)=N/O)c1. The van der Waals surface area contributed by atoms with Gasteiger partial charge in [0.05, 0.1) is 25.0 Å². The second-order valence-corrected chi connectivity index (χ2v) is 4.15. The van der Waals surface area contributed by atoms with Crippen molar-refractivity contribution in [2.45, 2.75) is 13.5 Å². The molecule has 2 aromatic heterocycles. The lowest BCUT2D eigenvalue weighted by atomic mass is 10.3. The fraction of sp³-hybridized carbons (Fsp3) is 0.231. The van der Waals surface area contributed by atoms with Gasteiger partial charge in [0, 0.05) is 24.0 Å². The number of amidine groups is 1. The smallest absolute Gasteiger partial charge is 0.186 e. The first kappa shape index (κ1) is 12.9. The van der Waals surface area contributed by atoms with Gasteiger partial charge in [-0.1, -0.05) is 5.16 Å². The quantitative estimate of drug-likeness (QED) is 0.376. The Balaban J connectivity index is 2.31. The van der Waals surface area contributed by atoms with Crippen molar-refractivity contribution >= 4 is 5.84 Å². The fourth-order valence-electron chi connectivity index (χ4n) is 1.91. The fourth-order valence-corrected chi connectivity index (χ4v) is 1.91. The third-order valence-corrected chi connectivity index (χ3v) is 2.75. The highest BCUT2D eigenvalue weighted by molar-refractivity contribution is 5.95. The summed E-state index contributed by atoms with van der Waals surface area (Å²) in [5.41, 5.74) is 7.99. The number of aryl methyl sites for hydroxylation is 1. The van der Waals surface area contributed by atoms with E-state index in [1.54, 1.807) is 13.2 Å². The van der Waals surface area contributed by atoms with Gasteiger partial charge in [0.1, 0.15) is 5.75 Å². The monoisotopic (exact) mass is 260 g/mol. The molecule has 2 heterocycles. The molecule has 0 aliphatic carbocycles. The summed E-state index contributed by atoms with van der Waals surface area (Å²) < 4.78 is 7.07. The van der Waals surface area contributed by atoms with Crippen molar-refractivity contribution in [1.82, 2.24) is 9.55 Å². The van der Waals surface area contributed by atoms with Crippen molar-refractivity contribution in [1.29, 1.82) is 0 Å². The van der Waals surface area contributed by atoms with Crippen LogP contribution in [0.2, 0.25) is 0 Å². The van der Waals surface area contributed by atoms with Crippen LogP contribution in [0.3, 0.4) is 0 Å². The molecule has 6 nitrogen and oxygen atoms in total. The number of pyridine rings is 1. The Kier molecular flexibility index (Phi) is 3.70. The zero-order valence-electron chi connectivity index (χ0n) is 10.9. The lowest BCUT2D eigenvalue weighted by molar-refractivity contribution is 0.318.